The van der Waals surface area contributed by atoms with Crippen molar-refractivity contribution in [1.29, 1.82) is 0 Å². The van der Waals surface area contributed by atoms with E-state index in [0.29, 0.717) is 0 Å². The molecule has 0 unspecified atom stereocenters. The molecule has 0 heterocycles. The van der Waals surface area contributed by atoms with Gasteiger partial charge in [-0.1, -0.05) is 133 Å². The Morgan fingerprint density at radius 1 is 0.206 bits per heavy atom. The van der Waals surface area contributed by atoms with Gasteiger partial charge in [0, 0.05) is 36.1 Å². The normalized spacial score (nSPS) is 12.2. The summed E-state index contributed by atoms with van der Waals surface area (Å²) in [6.45, 7) is 1.33. The van der Waals surface area contributed by atoms with E-state index < -0.39 is 244 Å². The van der Waals surface area contributed by atoms with Crippen LogP contribution >= 0.6 is 0 Å². The number of rotatable bonds is 14. The lowest BCUT2D eigenvalue weighted by Gasteiger charge is -2.41. The van der Waals surface area contributed by atoms with Crippen molar-refractivity contribution in [3.63, 3.8) is 0 Å². The van der Waals surface area contributed by atoms with Gasteiger partial charge in [-0.15, -0.1) is 0 Å². The molecule has 107 heavy (non-hydrogen) atoms. The largest absolute Gasteiger partial charge is 0.438 e. The van der Waals surface area contributed by atoms with Gasteiger partial charge in [-0.25, -0.2) is 132 Å². The zero-order chi connectivity index (χ0) is 79.1. The van der Waals surface area contributed by atoms with Crippen LogP contribution < -0.4 is 32.8 Å². The summed E-state index contributed by atoms with van der Waals surface area (Å²) in [5.41, 5.74) is -17.3. The smallest absolute Gasteiger partial charge is 0.372 e. The third kappa shape index (κ3) is 13.6. The van der Waals surface area contributed by atoms with Crippen LogP contribution in [0.5, 0.6) is 0 Å². The fourth-order valence-corrected chi connectivity index (χ4v) is 12.6. The van der Waals surface area contributed by atoms with Gasteiger partial charge in [0.05, 0.1) is 0 Å². The SMILES string of the molecule is C/C(c1ccccc1)=[N+](\Cc1ccccc1)[B-](c1c(F)c(F)c(F)c(F)c1F)(c1c(F)c(F)c(F)c(F)c1F)c1c(F)c(F)c(F)c(F)c1F.C/C(c1ccccc1)=[N+](\Cc1ccccc1)[B-](c1c(F)c(F)c(F)c(F)c1F)(c1c(F)c(F)c(F)c(F)c1F)c1c(F)c(F)c(F)c(F)c1F.Cc1ccccc1. The zero-order valence-electron chi connectivity index (χ0n) is 53.7. The molecule has 0 bridgehead atoms. The fourth-order valence-electron chi connectivity index (χ4n) is 12.6. The van der Waals surface area contributed by atoms with Crippen molar-refractivity contribution >= 4 is 56.8 Å². The monoisotopic (exact) mass is 1530 g/mol. The molecule has 11 rings (SSSR count). The van der Waals surface area contributed by atoms with Gasteiger partial charge in [0.1, 0.15) is 94.3 Å². The molecule has 0 saturated carbocycles. The first kappa shape index (κ1) is 79.9. The molecule has 2 nitrogen and oxygen atoms in total. The summed E-state index contributed by atoms with van der Waals surface area (Å²) in [6, 6.07) is 34.6. The summed E-state index contributed by atoms with van der Waals surface area (Å²) in [6.07, 6.45) is -12.0. The minimum atomic E-state index is -6.00. The van der Waals surface area contributed by atoms with Crippen molar-refractivity contribution in [2.24, 2.45) is 0 Å². The summed E-state index contributed by atoms with van der Waals surface area (Å²) in [5, 5.41) is 0. The van der Waals surface area contributed by atoms with E-state index in [1.165, 1.54) is 78.4 Å². The van der Waals surface area contributed by atoms with E-state index in [9.17, 15) is 26.3 Å². The molecule has 11 aromatic rings. The van der Waals surface area contributed by atoms with E-state index in [1.54, 1.807) is 0 Å². The van der Waals surface area contributed by atoms with Crippen molar-refractivity contribution in [2.45, 2.75) is 33.9 Å². The molecule has 0 aliphatic carbocycles. The van der Waals surface area contributed by atoms with Gasteiger partial charge in [-0.3, -0.25) is 0 Å². The van der Waals surface area contributed by atoms with Gasteiger partial charge in [-0.05, 0) is 64.0 Å². The third-order valence-electron chi connectivity index (χ3n) is 17.5. The molecule has 0 spiro atoms. The highest BCUT2D eigenvalue weighted by Gasteiger charge is 2.60. The molecular formula is C73H38B2F30N2. The van der Waals surface area contributed by atoms with Crippen molar-refractivity contribution in [1.82, 2.24) is 0 Å². The summed E-state index contributed by atoms with van der Waals surface area (Å²) in [5.74, 6) is -91.6. The van der Waals surface area contributed by atoms with Crippen LogP contribution in [0.15, 0.2) is 152 Å². The predicted octanol–water partition coefficient (Wildman–Crippen LogP) is 16.9. The summed E-state index contributed by atoms with van der Waals surface area (Å²) in [7, 11) is 0. The van der Waals surface area contributed by atoms with Gasteiger partial charge < -0.3 is 8.97 Å². The first-order valence-corrected chi connectivity index (χ1v) is 30.3. The van der Waals surface area contributed by atoms with Crippen LogP contribution in [0.1, 0.15) is 41.7 Å². The highest BCUT2D eigenvalue weighted by Crippen LogP contribution is 2.34. The van der Waals surface area contributed by atoms with Gasteiger partial charge >= 0.3 is 12.6 Å². The Kier molecular flexibility index (Phi) is 23.5. The van der Waals surface area contributed by atoms with Crippen molar-refractivity contribution in [3.05, 3.63) is 354 Å². The number of halogens is 30. The van der Waals surface area contributed by atoms with Gasteiger partial charge in [-0.2, -0.15) is 0 Å². The average Bonchev–Trinajstić information content (AvgIpc) is 0.693. The average molecular weight is 1530 g/mol. The topological polar surface area (TPSA) is 6.02 Å². The molecule has 11 aromatic carbocycles. The fraction of sp³-hybridized carbons (Fsp3) is 0.0685. The van der Waals surface area contributed by atoms with E-state index in [-0.39, 0.29) is 31.2 Å². The quantitative estimate of drug-likeness (QED) is 0.0337. The molecule has 0 aromatic heterocycles. The van der Waals surface area contributed by atoms with Crippen LogP contribution in [0.25, 0.3) is 0 Å². The van der Waals surface area contributed by atoms with E-state index in [1.807, 2.05) is 18.2 Å². The second kappa shape index (κ2) is 31.5. The number of aryl methyl sites for hydroxylation is 1. The highest BCUT2D eigenvalue weighted by molar-refractivity contribution is 7.07. The molecule has 0 atom stereocenters. The summed E-state index contributed by atoms with van der Waals surface area (Å²) >= 11 is 0. The van der Waals surface area contributed by atoms with Crippen LogP contribution in [0.3, 0.4) is 0 Å². The van der Waals surface area contributed by atoms with Crippen LogP contribution in [0, 0.1) is 181 Å². The number of nitrogens with zero attached hydrogens (tertiary/aromatic N) is 2. The maximum atomic E-state index is 16.2. The first-order valence-electron chi connectivity index (χ1n) is 30.3. The number of hydrogen-bond donors (Lipinski definition) is 0. The van der Waals surface area contributed by atoms with Gasteiger partial charge in [0.15, 0.2) is 105 Å². The predicted molar refractivity (Wildman–Crippen MR) is 331 cm³/mol. The maximum Gasteiger partial charge on any atom is 0.372 e. The van der Waals surface area contributed by atoms with Crippen molar-refractivity contribution < 1.29 is 141 Å². The maximum absolute atomic E-state index is 16.2. The van der Waals surface area contributed by atoms with Crippen LogP contribution in [0.4, 0.5) is 132 Å². The molecule has 0 fully saturated rings. The lowest BCUT2D eigenvalue weighted by atomic mass is 9.22. The van der Waals surface area contributed by atoms with Crippen molar-refractivity contribution in [2.75, 3.05) is 0 Å². The van der Waals surface area contributed by atoms with Crippen molar-refractivity contribution in [3.8, 4) is 0 Å². The summed E-state index contributed by atoms with van der Waals surface area (Å²) < 4.78 is 462. The molecule has 0 saturated heterocycles. The Hall–Kier alpha value is -11.2. The Morgan fingerprint density at radius 3 is 0.495 bits per heavy atom. The van der Waals surface area contributed by atoms with E-state index in [4.69, 9.17) is 0 Å². The second-order valence-electron chi connectivity index (χ2n) is 23.3. The lowest BCUT2D eigenvalue weighted by Crippen LogP contribution is -2.79. The first-order chi connectivity index (χ1) is 50.4. The number of hydrogen-bond acceptors (Lipinski definition) is 0. The standard InChI is InChI=1S/2C33H15BF15N.C7H8/c2*1-13(15-10-6-3-7-11-15)50(12-14-8-4-2-5-9-14)34(16-19(35)25(41)31(47)26(42)20(16)36,17-21(37)27(43)32(48)28(44)22(17)38)18-23(39)29(45)33(49)30(46)24(18)40;1-7-5-3-2-4-6-7/h2*2-11H,12H2,1H3;2-6H,1H3/b2*50-13-;. The number of benzene rings is 11. The zero-order valence-corrected chi connectivity index (χ0v) is 53.7. The molecule has 0 N–H and O–H groups in total. The minimum absolute atomic E-state index is 0.0689. The molecule has 34 heteroatoms. The Balaban J connectivity index is 0.000000226. The minimum Gasteiger partial charge on any atom is -0.438 e. The highest BCUT2D eigenvalue weighted by atomic mass is 19.2. The van der Waals surface area contributed by atoms with Gasteiger partial charge in [0.2, 0.25) is 0 Å². The molecule has 556 valence electrons. The van der Waals surface area contributed by atoms with Crippen LogP contribution in [-0.2, 0) is 13.1 Å². The van der Waals surface area contributed by atoms with E-state index in [2.05, 4.69) is 19.1 Å². The lowest BCUT2D eigenvalue weighted by molar-refractivity contribution is -0.411. The second-order valence-corrected chi connectivity index (χ2v) is 23.3. The Bertz CT molecular complexity index is 4560. The summed E-state index contributed by atoms with van der Waals surface area (Å²) in [4.78, 5) is 0. The molecule has 0 radical (unpaired) electrons. The van der Waals surface area contributed by atoms with E-state index in [0.717, 1.165) is 62.4 Å². The molecule has 0 aliphatic rings. The molecule has 0 aliphatic heterocycles. The Labute approximate surface area is 583 Å². The van der Waals surface area contributed by atoms with Gasteiger partial charge in [0.25, 0.3) is 0 Å². The van der Waals surface area contributed by atoms with Crippen LogP contribution in [0.2, 0.25) is 0 Å². The third-order valence-corrected chi connectivity index (χ3v) is 17.5. The van der Waals surface area contributed by atoms with Crippen LogP contribution in [-0.4, -0.2) is 33.0 Å². The Morgan fingerprint density at radius 2 is 0.346 bits per heavy atom. The molecule has 0 amide bonds. The molecular weight excluding hydrogens is 1500 g/mol. The van der Waals surface area contributed by atoms with E-state index >= 15 is 105 Å².